The van der Waals surface area contributed by atoms with Crippen LogP contribution in [-0.4, -0.2) is 42.2 Å². The molecule has 7 nitrogen and oxygen atoms in total. The van der Waals surface area contributed by atoms with Crippen LogP contribution in [0.5, 0.6) is 0 Å². The van der Waals surface area contributed by atoms with Gasteiger partial charge in [0.15, 0.2) is 5.17 Å². The van der Waals surface area contributed by atoms with Crippen molar-refractivity contribution in [1.82, 2.24) is 5.32 Å². The maximum Gasteiger partial charge on any atom is 0.411 e. The summed E-state index contributed by atoms with van der Waals surface area (Å²) in [6.07, 6.45) is 2.50. The Bertz CT molecular complexity index is 682. The molecule has 0 saturated carbocycles. The quantitative estimate of drug-likeness (QED) is 0.331. The van der Waals surface area contributed by atoms with Crippen LogP contribution >= 0.6 is 11.8 Å². The molecule has 8 heteroatoms. The van der Waals surface area contributed by atoms with Crippen LogP contribution in [0.15, 0.2) is 47.1 Å². The Kier molecular flexibility index (Phi) is 9.42. The molecule has 2 N–H and O–H groups in total. The van der Waals surface area contributed by atoms with E-state index in [4.69, 9.17) is 9.47 Å². The Morgan fingerprint density at radius 3 is 2.44 bits per heavy atom. The fourth-order valence-electron chi connectivity index (χ4n) is 1.80. The van der Waals surface area contributed by atoms with Gasteiger partial charge < -0.3 is 14.8 Å². The van der Waals surface area contributed by atoms with Crippen LogP contribution in [0.2, 0.25) is 0 Å². The van der Waals surface area contributed by atoms with E-state index >= 15 is 0 Å². The van der Waals surface area contributed by atoms with E-state index in [1.165, 1.54) is 18.0 Å². The summed E-state index contributed by atoms with van der Waals surface area (Å²) in [5.74, 6) is -0.544. The molecule has 0 unspecified atom stereocenters. The van der Waals surface area contributed by atoms with Gasteiger partial charge in [0.25, 0.3) is 0 Å². The molecule has 0 bridgehead atoms. The molecule has 0 fully saturated rings. The summed E-state index contributed by atoms with van der Waals surface area (Å²) in [6.45, 7) is 7.26. The van der Waals surface area contributed by atoms with Gasteiger partial charge in [-0.2, -0.15) is 0 Å². The highest BCUT2D eigenvalue weighted by Gasteiger charge is 2.17. The van der Waals surface area contributed by atoms with Gasteiger partial charge in [-0.15, -0.1) is 0 Å². The minimum absolute atomic E-state index is 0.0463. The minimum Gasteiger partial charge on any atom is -0.463 e. The van der Waals surface area contributed by atoms with Crippen molar-refractivity contribution in [2.24, 2.45) is 4.99 Å². The van der Waals surface area contributed by atoms with E-state index < -0.39 is 17.7 Å². The number of thioether (sulfide) groups is 1. The highest BCUT2D eigenvalue weighted by Crippen LogP contribution is 2.11. The molecule has 0 spiro atoms. The van der Waals surface area contributed by atoms with Crippen LogP contribution < -0.4 is 10.6 Å². The first kappa shape index (κ1) is 22.6. The molecule has 27 heavy (non-hydrogen) atoms. The summed E-state index contributed by atoms with van der Waals surface area (Å²) in [6, 6.07) is 9.57. The number of alkyl carbamates (subject to hydrolysis) is 1. The molecule has 0 aliphatic rings. The summed E-state index contributed by atoms with van der Waals surface area (Å²) in [5, 5.41) is 6.26. The molecule has 1 amide bonds. The van der Waals surface area contributed by atoms with E-state index in [-0.39, 0.29) is 18.7 Å². The van der Waals surface area contributed by atoms with Crippen molar-refractivity contribution in [3.05, 3.63) is 42.1 Å². The lowest BCUT2D eigenvalue weighted by molar-refractivity contribution is -0.138. The summed E-state index contributed by atoms with van der Waals surface area (Å²) < 4.78 is 10.2. The highest BCUT2D eigenvalue weighted by molar-refractivity contribution is 8.13. The van der Waals surface area contributed by atoms with Gasteiger partial charge in [-0.1, -0.05) is 30.0 Å². The molecule has 1 rings (SSSR count). The summed E-state index contributed by atoms with van der Waals surface area (Å²) in [5.41, 5.74) is 0.467. The number of rotatable bonds is 6. The number of ether oxygens (including phenoxy) is 2. The first-order valence-electron chi connectivity index (χ1n) is 8.51. The number of nitrogens with zero attached hydrogens (tertiary/aromatic N) is 1. The third kappa shape index (κ3) is 9.69. The van der Waals surface area contributed by atoms with E-state index in [0.29, 0.717) is 5.17 Å². The Hall–Kier alpha value is -2.48. The Morgan fingerprint density at radius 1 is 1.22 bits per heavy atom. The van der Waals surface area contributed by atoms with Crippen LogP contribution in [0.3, 0.4) is 0 Å². The SMILES string of the molecule is CCOC(=O)/C(=C\NC(=O)OC(C)(C)C)CN=C(Nc1ccccc1)SC. The maximum absolute atomic E-state index is 12.1. The van der Waals surface area contributed by atoms with Gasteiger partial charge in [0, 0.05) is 11.9 Å². The van der Waals surface area contributed by atoms with Gasteiger partial charge in [0.05, 0.1) is 18.7 Å². The molecular formula is C19H27N3O4S. The van der Waals surface area contributed by atoms with Gasteiger partial charge in [0.1, 0.15) is 5.60 Å². The van der Waals surface area contributed by atoms with Crippen LogP contribution in [0.1, 0.15) is 27.7 Å². The first-order valence-corrected chi connectivity index (χ1v) is 9.73. The van der Waals surface area contributed by atoms with Gasteiger partial charge in [-0.05, 0) is 46.1 Å². The smallest absolute Gasteiger partial charge is 0.411 e. The Balaban J connectivity index is 2.84. The molecule has 0 aromatic heterocycles. The standard InChI is InChI=1S/C19H27N3O4S/c1-6-25-16(23)14(13-21-18(24)26-19(2,3)4)12-20-17(27-5)22-15-10-8-7-9-11-15/h7-11,13H,6,12H2,1-5H3,(H,20,22)(H,21,24)/b14-13-. The predicted octanol–water partition coefficient (Wildman–Crippen LogP) is 3.79. The van der Waals surface area contributed by atoms with Crippen molar-refractivity contribution in [2.45, 2.75) is 33.3 Å². The number of aliphatic imine (C=N–C) groups is 1. The van der Waals surface area contributed by atoms with E-state index in [1.54, 1.807) is 27.7 Å². The number of carbonyl (C=O) groups is 2. The number of nitrogens with one attached hydrogen (secondary N) is 2. The van der Waals surface area contributed by atoms with Gasteiger partial charge in [0.2, 0.25) is 0 Å². The third-order valence-electron chi connectivity index (χ3n) is 2.91. The number of amides is 1. The van der Waals surface area contributed by atoms with Crippen molar-refractivity contribution >= 4 is 34.7 Å². The van der Waals surface area contributed by atoms with Crippen molar-refractivity contribution in [1.29, 1.82) is 0 Å². The van der Waals surface area contributed by atoms with E-state index in [0.717, 1.165) is 5.69 Å². The molecule has 0 radical (unpaired) electrons. The zero-order valence-electron chi connectivity index (χ0n) is 16.4. The molecule has 0 saturated heterocycles. The number of amidine groups is 1. The number of hydrogen-bond acceptors (Lipinski definition) is 6. The van der Waals surface area contributed by atoms with Gasteiger partial charge in [-0.25, -0.2) is 9.59 Å². The summed E-state index contributed by atoms with van der Waals surface area (Å²) in [7, 11) is 0. The van der Waals surface area contributed by atoms with Crippen molar-refractivity contribution in [3.8, 4) is 0 Å². The number of para-hydroxylation sites is 1. The monoisotopic (exact) mass is 393 g/mol. The Labute approximate surface area is 164 Å². The highest BCUT2D eigenvalue weighted by atomic mass is 32.2. The fourth-order valence-corrected chi connectivity index (χ4v) is 2.22. The molecule has 1 aromatic rings. The zero-order chi connectivity index (χ0) is 20.3. The second kappa shape index (κ2) is 11.3. The minimum atomic E-state index is -0.652. The first-order chi connectivity index (χ1) is 12.7. The molecule has 0 heterocycles. The van der Waals surface area contributed by atoms with E-state index in [9.17, 15) is 9.59 Å². The topological polar surface area (TPSA) is 89.0 Å². The van der Waals surface area contributed by atoms with Crippen LogP contribution in [-0.2, 0) is 14.3 Å². The molecule has 0 atom stereocenters. The predicted molar refractivity (Wildman–Crippen MR) is 110 cm³/mol. The fraction of sp³-hybridized carbons (Fsp3) is 0.421. The van der Waals surface area contributed by atoms with Crippen molar-refractivity contribution in [3.63, 3.8) is 0 Å². The summed E-state index contributed by atoms with van der Waals surface area (Å²) >= 11 is 1.41. The molecular weight excluding hydrogens is 366 g/mol. The molecule has 148 valence electrons. The van der Waals surface area contributed by atoms with Crippen LogP contribution in [0.4, 0.5) is 10.5 Å². The lowest BCUT2D eigenvalue weighted by Crippen LogP contribution is -2.30. The van der Waals surface area contributed by atoms with Crippen LogP contribution in [0, 0.1) is 0 Å². The lowest BCUT2D eigenvalue weighted by atomic mass is 10.2. The van der Waals surface area contributed by atoms with E-state index in [2.05, 4.69) is 15.6 Å². The normalized spacial score (nSPS) is 12.3. The van der Waals surface area contributed by atoms with Gasteiger partial charge in [-0.3, -0.25) is 10.3 Å². The third-order valence-corrected chi connectivity index (χ3v) is 3.53. The number of esters is 1. The average Bonchev–Trinajstić information content (AvgIpc) is 2.60. The van der Waals surface area contributed by atoms with E-state index in [1.807, 2.05) is 36.6 Å². The van der Waals surface area contributed by atoms with Crippen LogP contribution in [0.25, 0.3) is 0 Å². The second-order valence-electron chi connectivity index (χ2n) is 6.35. The average molecular weight is 394 g/mol. The Morgan fingerprint density at radius 2 is 1.89 bits per heavy atom. The van der Waals surface area contributed by atoms with Crippen molar-refractivity contribution < 1.29 is 19.1 Å². The zero-order valence-corrected chi connectivity index (χ0v) is 17.2. The second-order valence-corrected chi connectivity index (χ2v) is 7.15. The molecule has 0 aliphatic carbocycles. The lowest BCUT2D eigenvalue weighted by Gasteiger charge is -2.19. The number of carbonyl (C=O) groups excluding carboxylic acids is 2. The van der Waals surface area contributed by atoms with Gasteiger partial charge >= 0.3 is 12.1 Å². The molecule has 0 aliphatic heterocycles. The number of benzene rings is 1. The largest absolute Gasteiger partial charge is 0.463 e. The maximum atomic E-state index is 12.1. The van der Waals surface area contributed by atoms with Crippen molar-refractivity contribution in [2.75, 3.05) is 24.7 Å². The number of hydrogen-bond donors (Lipinski definition) is 2. The molecule has 1 aromatic carbocycles. The summed E-state index contributed by atoms with van der Waals surface area (Å²) in [4.78, 5) is 28.3. The number of anilines is 1.